The van der Waals surface area contributed by atoms with Crippen LogP contribution in [-0.2, 0) is 16.0 Å². The van der Waals surface area contributed by atoms with Gasteiger partial charge in [-0.1, -0.05) is 20.3 Å². The molecule has 0 spiro atoms. The number of carboxylic acid groups (broad SMARTS) is 1. The van der Waals surface area contributed by atoms with Gasteiger partial charge in [-0.25, -0.2) is 9.59 Å². The van der Waals surface area contributed by atoms with Crippen LogP contribution in [0.25, 0.3) is 21.9 Å². The summed E-state index contributed by atoms with van der Waals surface area (Å²) in [4.78, 5) is 36.6. The molecule has 0 radical (unpaired) electrons. The fraction of sp³-hybridized carbons (Fsp3) is 0.409. The zero-order valence-corrected chi connectivity index (χ0v) is 17.2. The number of hydrogen-bond acceptors (Lipinski definition) is 5. The zero-order chi connectivity index (χ0) is 21.5. The minimum atomic E-state index is -1.09. The van der Waals surface area contributed by atoms with Gasteiger partial charge in [0.25, 0.3) is 0 Å². The average molecular weight is 399 g/mol. The molecule has 2 N–H and O–H groups in total. The molecule has 2 heterocycles. The second-order valence-corrected chi connectivity index (χ2v) is 7.61. The van der Waals surface area contributed by atoms with Gasteiger partial charge in [0.1, 0.15) is 17.2 Å². The number of fused-ring (bicyclic) bond motifs is 2. The van der Waals surface area contributed by atoms with Crippen LogP contribution in [-0.4, -0.2) is 23.0 Å². The van der Waals surface area contributed by atoms with Crippen molar-refractivity contribution in [3.05, 3.63) is 45.0 Å². The van der Waals surface area contributed by atoms with Crippen molar-refractivity contribution in [3.63, 3.8) is 0 Å². The van der Waals surface area contributed by atoms with E-state index in [0.717, 1.165) is 21.9 Å². The summed E-state index contributed by atoms with van der Waals surface area (Å²) in [5.74, 6) is -1.85. The predicted octanol–water partition coefficient (Wildman–Crippen LogP) is 3.62. The lowest BCUT2D eigenvalue weighted by atomic mass is 9.97. The molecule has 0 aliphatic heterocycles. The Hall–Kier alpha value is -3.09. The smallest absolute Gasteiger partial charge is 0.340 e. The van der Waals surface area contributed by atoms with E-state index in [4.69, 9.17) is 8.83 Å². The normalized spacial score (nSPS) is 13.6. The minimum absolute atomic E-state index is 0.225. The van der Waals surface area contributed by atoms with E-state index in [2.05, 4.69) is 5.32 Å². The maximum absolute atomic E-state index is 12.6. The van der Waals surface area contributed by atoms with Crippen molar-refractivity contribution in [2.45, 2.75) is 53.5 Å². The Morgan fingerprint density at radius 3 is 2.45 bits per heavy atom. The van der Waals surface area contributed by atoms with Crippen LogP contribution in [0.1, 0.15) is 42.5 Å². The molecule has 29 heavy (non-hydrogen) atoms. The van der Waals surface area contributed by atoms with E-state index in [1.165, 1.54) is 0 Å². The number of amides is 1. The molecule has 0 aliphatic rings. The van der Waals surface area contributed by atoms with Gasteiger partial charge in [0.15, 0.2) is 0 Å². The van der Waals surface area contributed by atoms with Gasteiger partial charge < -0.3 is 19.3 Å². The molecule has 0 bridgehead atoms. The third-order valence-electron chi connectivity index (χ3n) is 5.67. The van der Waals surface area contributed by atoms with E-state index in [0.29, 0.717) is 23.2 Å². The first-order valence-corrected chi connectivity index (χ1v) is 9.61. The molecule has 1 aromatic carbocycles. The van der Waals surface area contributed by atoms with E-state index >= 15 is 0 Å². The van der Waals surface area contributed by atoms with Crippen LogP contribution in [0, 0.1) is 26.7 Å². The van der Waals surface area contributed by atoms with Gasteiger partial charge in [0.05, 0.1) is 18.2 Å². The highest BCUT2D eigenvalue weighted by Crippen LogP contribution is 2.32. The van der Waals surface area contributed by atoms with Gasteiger partial charge in [-0.05, 0) is 43.9 Å². The molecule has 0 saturated heterocycles. The fourth-order valence-electron chi connectivity index (χ4n) is 3.59. The Balaban J connectivity index is 2.02. The lowest BCUT2D eigenvalue weighted by Crippen LogP contribution is -2.45. The van der Waals surface area contributed by atoms with Crippen molar-refractivity contribution in [3.8, 4) is 0 Å². The van der Waals surface area contributed by atoms with E-state index in [-0.39, 0.29) is 17.9 Å². The van der Waals surface area contributed by atoms with E-state index in [9.17, 15) is 19.5 Å². The molecule has 154 valence electrons. The number of carbonyl (C=O) groups is 2. The second-order valence-electron chi connectivity index (χ2n) is 7.61. The monoisotopic (exact) mass is 399 g/mol. The Kier molecular flexibility index (Phi) is 5.50. The summed E-state index contributed by atoms with van der Waals surface area (Å²) in [6, 6.07) is 0.894. The van der Waals surface area contributed by atoms with Gasteiger partial charge in [-0.15, -0.1) is 0 Å². The maximum atomic E-state index is 12.6. The Morgan fingerprint density at radius 1 is 1.14 bits per heavy atom. The van der Waals surface area contributed by atoms with Crippen LogP contribution < -0.4 is 10.9 Å². The number of nitrogens with one attached hydrogen (secondary N) is 1. The van der Waals surface area contributed by atoms with Crippen LogP contribution in [0.3, 0.4) is 0 Å². The third kappa shape index (κ3) is 3.64. The lowest BCUT2D eigenvalue weighted by molar-refractivity contribution is -0.143. The number of rotatable bonds is 6. The number of furan rings is 1. The molecular weight excluding hydrogens is 374 g/mol. The van der Waals surface area contributed by atoms with Gasteiger partial charge in [0, 0.05) is 16.3 Å². The maximum Gasteiger partial charge on any atom is 0.340 e. The first-order valence-electron chi connectivity index (χ1n) is 9.61. The summed E-state index contributed by atoms with van der Waals surface area (Å²) in [5, 5.41) is 13.6. The molecule has 1 amide bonds. The highest BCUT2D eigenvalue weighted by molar-refractivity contribution is 6.00. The number of hydrogen-bond donors (Lipinski definition) is 2. The Labute approximate surface area is 167 Å². The first kappa shape index (κ1) is 20.6. The number of aliphatic carboxylic acids is 1. The number of carboxylic acids is 1. The molecule has 2 aromatic heterocycles. The van der Waals surface area contributed by atoms with Gasteiger partial charge in [-0.2, -0.15) is 0 Å². The number of carbonyl (C=O) groups excluding carboxylic acids is 1. The van der Waals surface area contributed by atoms with Crippen LogP contribution in [0.4, 0.5) is 0 Å². The summed E-state index contributed by atoms with van der Waals surface area (Å²) in [6.45, 7) is 9.14. The number of benzene rings is 1. The van der Waals surface area contributed by atoms with Gasteiger partial charge >= 0.3 is 11.6 Å². The van der Waals surface area contributed by atoms with Gasteiger partial charge in [-0.3, -0.25) is 4.79 Å². The van der Waals surface area contributed by atoms with Crippen molar-refractivity contribution in [1.29, 1.82) is 0 Å². The summed E-state index contributed by atoms with van der Waals surface area (Å²) in [6.07, 6.45) is 2.01. The van der Waals surface area contributed by atoms with Crippen molar-refractivity contribution in [1.82, 2.24) is 5.32 Å². The predicted molar refractivity (Wildman–Crippen MR) is 109 cm³/mol. The number of aryl methyl sites for hydroxylation is 3. The van der Waals surface area contributed by atoms with E-state index in [1.807, 2.05) is 26.8 Å². The molecule has 2 atom stereocenters. The summed E-state index contributed by atoms with van der Waals surface area (Å²) < 4.78 is 11.1. The first-order chi connectivity index (χ1) is 13.6. The molecule has 0 unspecified atom stereocenters. The fourth-order valence-corrected chi connectivity index (χ4v) is 3.59. The van der Waals surface area contributed by atoms with Crippen LogP contribution in [0.2, 0.25) is 0 Å². The molecule has 0 fully saturated rings. The molecular formula is C22H25NO6. The van der Waals surface area contributed by atoms with Crippen LogP contribution >= 0.6 is 0 Å². The van der Waals surface area contributed by atoms with Crippen molar-refractivity contribution in [2.24, 2.45) is 5.92 Å². The molecule has 7 heteroatoms. The highest BCUT2D eigenvalue weighted by Gasteiger charge is 2.26. The average Bonchev–Trinajstić information content (AvgIpc) is 3.04. The molecule has 7 nitrogen and oxygen atoms in total. The van der Waals surface area contributed by atoms with E-state index < -0.39 is 23.5 Å². The summed E-state index contributed by atoms with van der Waals surface area (Å²) >= 11 is 0. The second kappa shape index (κ2) is 7.73. The van der Waals surface area contributed by atoms with Crippen molar-refractivity contribution < 1.29 is 23.5 Å². The van der Waals surface area contributed by atoms with Crippen molar-refractivity contribution in [2.75, 3.05) is 0 Å². The summed E-state index contributed by atoms with van der Waals surface area (Å²) in [7, 11) is 0. The zero-order valence-electron chi connectivity index (χ0n) is 17.2. The largest absolute Gasteiger partial charge is 0.480 e. The molecule has 3 aromatic rings. The minimum Gasteiger partial charge on any atom is -0.480 e. The Bertz CT molecular complexity index is 1170. The standard InChI is InChI=1S/C22H25NO6/c1-6-10(2)18(21(25)26)23-17(24)8-16-12(4)15-7-14-11(3)9-28-19(14)13(5)20(15)29-22(16)27/h7,9-10,18H,6,8H2,1-5H3,(H,23,24)(H,25,26)/t10-,18+/m1/s1. The van der Waals surface area contributed by atoms with Crippen LogP contribution in [0.5, 0.6) is 0 Å². The SMILES string of the molecule is CC[C@@H](C)[C@H](NC(=O)Cc1c(C)c2cc3c(C)coc3c(C)c2oc1=O)C(=O)O. The van der Waals surface area contributed by atoms with E-state index in [1.54, 1.807) is 20.1 Å². The molecule has 3 rings (SSSR count). The summed E-state index contributed by atoms with van der Waals surface area (Å²) in [5.41, 5.74) is 3.06. The topological polar surface area (TPSA) is 110 Å². The molecule has 0 aliphatic carbocycles. The van der Waals surface area contributed by atoms with Crippen LogP contribution in [0.15, 0.2) is 26.0 Å². The quantitative estimate of drug-likeness (QED) is 0.613. The van der Waals surface area contributed by atoms with Crippen molar-refractivity contribution >= 4 is 33.8 Å². The molecule has 0 saturated carbocycles. The lowest BCUT2D eigenvalue weighted by Gasteiger charge is -2.20. The van der Waals surface area contributed by atoms with Gasteiger partial charge in [0.2, 0.25) is 5.91 Å². The Morgan fingerprint density at radius 2 is 1.83 bits per heavy atom. The highest BCUT2D eigenvalue weighted by atomic mass is 16.4. The third-order valence-corrected chi connectivity index (χ3v) is 5.67.